The zero-order valence-corrected chi connectivity index (χ0v) is 15.1. The van der Waals surface area contributed by atoms with Crippen molar-refractivity contribution in [1.82, 2.24) is 15.6 Å². The van der Waals surface area contributed by atoms with E-state index in [1.165, 1.54) is 4.88 Å². The fraction of sp³-hybridized carbons (Fsp3) is 0.263. The number of aromatic nitrogens is 1. The third-order valence-electron chi connectivity index (χ3n) is 3.64. The number of fused-ring (bicyclic) bond motifs is 1. The van der Waals surface area contributed by atoms with E-state index in [2.05, 4.69) is 62.5 Å². The molecule has 1 aromatic carbocycles. The van der Waals surface area contributed by atoms with E-state index in [4.69, 9.17) is 0 Å². The maximum atomic E-state index is 4.61. The fourth-order valence-electron chi connectivity index (χ4n) is 2.44. The minimum Gasteiger partial charge on any atom is -0.368 e. The van der Waals surface area contributed by atoms with E-state index in [0.717, 1.165) is 42.3 Å². The van der Waals surface area contributed by atoms with E-state index in [-0.39, 0.29) is 0 Å². The summed E-state index contributed by atoms with van der Waals surface area (Å²) in [5, 5.41) is 13.2. The largest absolute Gasteiger partial charge is 0.368 e. The van der Waals surface area contributed by atoms with Crippen LogP contribution in [-0.4, -0.2) is 30.6 Å². The maximum absolute atomic E-state index is 4.61. The van der Waals surface area contributed by atoms with Gasteiger partial charge in [-0.1, -0.05) is 24.3 Å². The molecule has 0 saturated carbocycles. The zero-order chi connectivity index (χ0) is 17.3. The van der Waals surface area contributed by atoms with Gasteiger partial charge in [-0.15, -0.1) is 11.3 Å². The topological polar surface area (TPSA) is 61.3 Å². The number of anilines is 1. The Hall–Kier alpha value is -2.60. The normalized spacial score (nSPS) is 11.5. The summed E-state index contributed by atoms with van der Waals surface area (Å²) in [7, 11) is 0. The molecule has 0 bridgehead atoms. The van der Waals surface area contributed by atoms with Crippen LogP contribution in [0.25, 0.3) is 10.9 Å². The van der Waals surface area contributed by atoms with Gasteiger partial charge in [0.15, 0.2) is 5.96 Å². The molecule has 6 heteroatoms. The SMILES string of the molecule is CCNC(=NCc1cccs1)NCCNc1ccc2ccccc2n1. The van der Waals surface area contributed by atoms with Crippen LogP contribution >= 0.6 is 11.3 Å². The molecule has 0 unspecified atom stereocenters. The standard InChI is InChI=1S/C19H23N5S/c1-2-20-19(23-14-16-7-5-13-25-16)22-12-11-21-18-10-9-15-6-3-4-8-17(15)24-18/h3-10,13H,2,11-12,14H2,1H3,(H,21,24)(H2,20,22,23). The molecule has 3 aromatic rings. The highest BCUT2D eigenvalue weighted by Gasteiger charge is 1.99. The first-order chi connectivity index (χ1) is 12.3. The van der Waals surface area contributed by atoms with Crippen molar-refractivity contribution in [2.75, 3.05) is 25.0 Å². The number of thiophene rings is 1. The van der Waals surface area contributed by atoms with Crippen molar-refractivity contribution in [3.63, 3.8) is 0 Å². The van der Waals surface area contributed by atoms with Crippen LogP contribution in [0.5, 0.6) is 0 Å². The lowest BCUT2D eigenvalue weighted by atomic mass is 10.2. The molecule has 0 aliphatic heterocycles. The highest BCUT2D eigenvalue weighted by molar-refractivity contribution is 7.09. The molecule has 3 N–H and O–H groups in total. The Labute approximate surface area is 152 Å². The summed E-state index contributed by atoms with van der Waals surface area (Å²) in [5.41, 5.74) is 1.01. The van der Waals surface area contributed by atoms with Gasteiger partial charge in [-0.25, -0.2) is 9.98 Å². The lowest BCUT2D eigenvalue weighted by Gasteiger charge is -2.12. The molecule has 0 saturated heterocycles. The Morgan fingerprint density at radius 2 is 1.96 bits per heavy atom. The van der Waals surface area contributed by atoms with E-state index >= 15 is 0 Å². The number of nitrogens with zero attached hydrogens (tertiary/aromatic N) is 2. The smallest absolute Gasteiger partial charge is 0.191 e. The third kappa shape index (κ3) is 5.19. The van der Waals surface area contributed by atoms with Crippen LogP contribution in [0.2, 0.25) is 0 Å². The van der Waals surface area contributed by atoms with Crippen LogP contribution in [0, 0.1) is 0 Å². The van der Waals surface area contributed by atoms with E-state index in [1.807, 2.05) is 24.3 Å². The number of hydrogen-bond donors (Lipinski definition) is 3. The van der Waals surface area contributed by atoms with E-state index < -0.39 is 0 Å². The molecule has 0 amide bonds. The second-order valence-electron chi connectivity index (χ2n) is 5.52. The fourth-order valence-corrected chi connectivity index (χ4v) is 3.07. The number of nitrogens with one attached hydrogen (secondary N) is 3. The van der Waals surface area contributed by atoms with Crippen molar-refractivity contribution < 1.29 is 0 Å². The van der Waals surface area contributed by atoms with E-state index in [0.29, 0.717) is 6.54 Å². The van der Waals surface area contributed by atoms with Gasteiger partial charge < -0.3 is 16.0 Å². The van der Waals surface area contributed by atoms with Crippen molar-refractivity contribution in [1.29, 1.82) is 0 Å². The number of guanidine groups is 1. The summed E-state index contributed by atoms with van der Waals surface area (Å²) in [6.07, 6.45) is 0. The van der Waals surface area contributed by atoms with Gasteiger partial charge in [-0.2, -0.15) is 0 Å². The summed E-state index contributed by atoms with van der Waals surface area (Å²) < 4.78 is 0. The molecule has 0 aliphatic carbocycles. The van der Waals surface area contributed by atoms with Gasteiger partial charge in [0.1, 0.15) is 5.82 Å². The zero-order valence-electron chi connectivity index (χ0n) is 14.3. The Kier molecular flexibility index (Phi) is 6.23. The molecule has 0 fully saturated rings. The molecule has 2 aromatic heterocycles. The van der Waals surface area contributed by atoms with Crippen LogP contribution < -0.4 is 16.0 Å². The summed E-state index contributed by atoms with van der Waals surface area (Å²) >= 11 is 1.73. The first-order valence-corrected chi connectivity index (χ1v) is 9.37. The number of benzene rings is 1. The molecular weight excluding hydrogens is 330 g/mol. The number of para-hydroxylation sites is 1. The molecule has 0 atom stereocenters. The molecular formula is C19H23N5S. The molecule has 25 heavy (non-hydrogen) atoms. The van der Waals surface area contributed by atoms with Gasteiger partial charge in [-0.3, -0.25) is 0 Å². The summed E-state index contributed by atoms with van der Waals surface area (Å²) in [5.74, 6) is 1.73. The van der Waals surface area contributed by atoms with Gasteiger partial charge in [-0.05, 0) is 36.6 Å². The highest BCUT2D eigenvalue weighted by atomic mass is 32.1. The number of rotatable bonds is 7. The van der Waals surface area contributed by atoms with E-state index in [9.17, 15) is 0 Å². The Morgan fingerprint density at radius 1 is 1.04 bits per heavy atom. The Bertz CT molecular complexity index is 814. The molecule has 5 nitrogen and oxygen atoms in total. The van der Waals surface area contributed by atoms with Crippen LogP contribution in [-0.2, 0) is 6.54 Å². The lowest BCUT2D eigenvalue weighted by Crippen LogP contribution is -2.39. The minimum absolute atomic E-state index is 0.701. The molecule has 130 valence electrons. The Morgan fingerprint density at radius 3 is 2.80 bits per heavy atom. The van der Waals surface area contributed by atoms with Crippen molar-refractivity contribution in [3.05, 3.63) is 58.8 Å². The predicted octanol–water partition coefficient (Wildman–Crippen LogP) is 3.46. The first-order valence-electron chi connectivity index (χ1n) is 8.49. The second-order valence-corrected chi connectivity index (χ2v) is 6.55. The average molecular weight is 353 g/mol. The van der Waals surface area contributed by atoms with Gasteiger partial charge >= 0.3 is 0 Å². The molecule has 0 radical (unpaired) electrons. The number of hydrogen-bond acceptors (Lipinski definition) is 4. The van der Waals surface area contributed by atoms with Crippen molar-refractivity contribution in [2.45, 2.75) is 13.5 Å². The predicted molar refractivity (Wildman–Crippen MR) is 107 cm³/mol. The third-order valence-corrected chi connectivity index (χ3v) is 4.50. The monoisotopic (exact) mass is 353 g/mol. The number of aliphatic imine (C=N–C) groups is 1. The van der Waals surface area contributed by atoms with Gasteiger partial charge in [0.2, 0.25) is 0 Å². The van der Waals surface area contributed by atoms with Crippen LogP contribution in [0.3, 0.4) is 0 Å². The maximum Gasteiger partial charge on any atom is 0.191 e. The van der Waals surface area contributed by atoms with Crippen LogP contribution in [0.15, 0.2) is 58.9 Å². The van der Waals surface area contributed by atoms with Crippen LogP contribution in [0.1, 0.15) is 11.8 Å². The summed E-state index contributed by atoms with van der Waals surface area (Å²) in [6, 6.07) is 16.4. The quantitative estimate of drug-likeness (QED) is 0.346. The first kappa shape index (κ1) is 17.2. The number of pyridine rings is 1. The molecule has 0 aliphatic rings. The Balaban J connectivity index is 1.48. The molecule has 3 rings (SSSR count). The van der Waals surface area contributed by atoms with Crippen LogP contribution in [0.4, 0.5) is 5.82 Å². The van der Waals surface area contributed by atoms with Gasteiger partial charge in [0.25, 0.3) is 0 Å². The molecule has 0 spiro atoms. The average Bonchev–Trinajstić information content (AvgIpc) is 3.16. The lowest BCUT2D eigenvalue weighted by molar-refractivity contribution is 0.820. The van der Waals surface area contributed by atoms with Gasteiger partial charge in [0, 0.05) is 29.9 Å². The molecule has 2 heterocycles. The second kappa shape index (κ2) is 9.03. The highest BCUT2D eigenvalue weighted by Crippen LogP contribution is 2.14. The van der Waals surface area contributed by atoms with Crippen molar-refractivity contribution in [2.24, 2.45) is 4.99 Å². The van der Waals surface area contributed by atoms with E-state index in [1.54, 1.807) is 11.3 Å². The van der Waals surface area contributed by atoms with Gasteiger partial charge in [0.05, 0.1) is 12.1 Å². The van der Waals surface area contributed by atoms with Crippen molar-refractivity contribution in [3.8, 4) is 0 Å². The van der Waals surface area contributed by atoms with Crippen molar-refractivity contribution >= 4 is 34.0 Å². The summed E-state index contributed by atoms with van der Waals surface area (Å²) in [4.78, 5) is 10.5. The minimum atomic E-state index is 0.701. The summed E-state index contributed by atoms with van der Waals surface area (Å²) in [6.45, 7) is 5.15.